The van der Waals surface area contributed by atoms with Crippen LogP contribution < -0.4 is 20.1 Å². The second kappa shape index (κ2) is 9.82. The molecule has 8 heteroatoms. The number of methoxy groups -OCH3 is 2. The molecule has 26 heavy (non-hydrogen) atoms. The number of rotatable bonds is 9. The molecule has 0 saturated heterocycles. The first-order chi connectivity index (χ1) is 12.6. The summed E-state index contributed by atoms with van der Waals surface area (Å²) in [6, 6.07) is 4.93. The molecule has 0 saturated carbocycles. The van der Waals surface area contributed by atoms with Crippen LogP contribution in [0.5, 0.6) is 11.5 Å². The summed E-state index contributed by atoms with van der Waals surface area (Å²) in [5.41, 5.74) is 0.903. The summed E-state index contributed by atoms with van der Waals surface area (Å²) in [4.78, 5) is 20.4. The van der Waals surface area contributed by atoms with Crippen molar-refractivity contribution in [3.8, 4) is 11.5 Å². The zero-order chi connectivity index (χ0) is 18.9. The van der Waals surface area contributed by atoms with Crippen LogP contribution in [0.4, 0.5) is 11.5 Å². The third-order valence-electron chi connectivity index (χ3n) is 3.70. The Bertz CT molecular complexity index is 755. The average Bonchev–Trinajstić information content (AvgIpc) is 2.66. The average molecular weight is 379 g/mol. The lowest BCUT2D eigenvalue weighted by Crippen LogP contribution is -2.25. The first-order valence-electron chi connectivity index (χ1n) is 8.37. The molecule has 0 aliphatic rings. The zero-order valence-electron chi connectivity index (χ0n) is 15.1. The van der Waals surface area contributed by atoms with E-state index in [2.05, 4.69) is 27.5 Å². The molecule has 1 aromatic carbocycles. The highest BCUT2D eigenvalue weighted by Gasteiger charge is 2.13. The first kappa shape index (κ1) is 19.8. The van der Waals surface area contributed by atoms with Crippen LogP contribution in [0, 0.1) is 0 Å². The number of amides is 1. The number of unbranched alkanes of at least 4 members (excludes halogenated alkanes) is 2. The fraction of sp³-hybridized carbons (Fsp3) is 0.389. The molecule has 0 aliphatic carbocycles. The first-order valence-corrected chi connectivity index (χ1v) is 8.75. The molecule has 2 rings (SSSR count). The highest BCUT2D eigenvalue weighted by molar-refractivity contribution is 6.32. The Kier molecular flexibility index (Phi) is 7.47. The van der Waals surface area contributed by atoms with Crippen molar-refractivity contribution in [2.45, 2.75) is 26.2 Å². The molecule has 1 aromatic heterocycles. The standard InChI is InChI=1S/C18H23ClN4O3/c1-4-5-6-7-20-18(24)14-10-17(22-11-21-14)23-13-9-15(25-2)12(19)8-16(13)26-3/h8-11H,4-7H2,1-3H3,(H,20,24)(H,21,22,23). The van der Waals surface area contributed by atoms with Crippen LogP contribution in [0.25, 0.3) is 0 Å². The predicted molar refractivity (Wildman–Crippen MR) is 102 cm³/mol. The summed E-state index contributed by atoms with van der Waals surface area (Å²) in [5.74, 6) is 1.26. The summed E-state index contributed by atoms with van der Waals surface area (Å²) >= 11 is 6.11. The molecule has 140 valence electrons. The number of carbonyl (C=O) groups excluding carboxylic acids is 1. The Hall–Kier alpha value is -2.54. The van der Waals surface area contributed by atoms with E-state index in [1.165, 1.54) is 13.4 Å². The number of anilines is 2. The van der Waals surface area contributed by atoms with E-state index in [1.54, 1.807) is 25.3 Å². The third-order valence-corrected chi connectivity index (χ3v) is 4.00. The van der Waals surface area contributed by atoms with Crippen molar-refractivity contribution in [1.29, 1.82) is 0 Å². The van der Waals surface area contributed by atoms with Crippen molar-refractivity contribution in [3.63, 3.8) is 0 Å². The fourth-order valence-electron chi connectivity index (χ4n) is 2.31. The van der Waals surface area contributed by atoms with Gasteiger partial charge in [-0.3, -0.25) is 4.79 Å². The van der Waals surface area contributed by atoms with Gasteiger partial charge in [0.15, 0.2) is 0 Å². The minimum atomic E-state index is -0.229. The molecule has 0 radical (unpaired) electrons. The molecule has 1 heterocycles. The van der Waals surface area contributed by atoms with Gasteiger partial charge in [-0.1, -0.05) is 31.4 Å². The van der Waals surface area contributed by atoms with Gasteiger partial charge in [-0.15, -0.1) is 0 Å². The Balaban J connectivity index is 2.14. The highest BCUT2D eigenvalue weighted by atomic mass is 35.5. The van der Waals surface area contributed by atoms with Crippen LogP contribution in [0.3, 0.4) is 0 Å². The summed E-state index contributed by atoms with van der Waals surface area (Å²) in [5, 5.41) is 6.39. The van der Waals surface area contributed by atoms with Crippen LogP contribution >= 0.6 is 11.6 Å². The lowest BCUT2D eigenvalue weighted by molar-refractivity contribution is 0.0948. The monoisotopic (exact) mass is 378 g/mol. The number of nitrogens with zero attached hydrogens (tertiary/aromatic N) is 2. The molecule has 0 aliphatic heterocycles. The minimum absolute atomic E-state index is 0.229. The van der Waals surface area contributed by atoms with Gasteiger partial charge in [0, 0.05) is 24.7 Å². The van der Waals surface area contributed by atoms with Crippen LogP contribution in [-0.2, 0) is 0 Å². The zero-order valence-corrected chi connectivity index (χ0v) is 15.9. The van der Waals surface area contributed by atoms with Crippen LogP contribution in [0.15, 0.2) is 24.5 Å². The van der Waals surface area contributed by atoms with Gasteiger partial charge >= 0.3 is 0 Å². The van der Waals surface area contributed by atoms with Gasteiger partial charge in [-0.25, -0.2) is 9.97 Å². The molecular formula is C18H23ClN4O3. The van der Waals surface area contributed by atoms with Gasteiger partial charge in [0.05, 0.1) is 24.9 Å². The fourth-order valence-corrected chi connectivity index (χ4v) is 2.54. The normalized spacial score (nSPS) is 10.3. The van der Waals surface area contributed by atoms with Gasteiger partial charge in [0.2, 0.25) is 0 Å². The van der Waals surface area contributed by atoms with Gasteiger partial charge < -0.3 is 20.1 Å². The summed E-state index contributed by atoms with van der Waals surface area (Å²) in [7, 11) is 3.07. The summed E-state index contributed by atoms with van der Waals surface area (Å²) in [6.07, 6.45) is 4.46. The lowest BCUT2D eigenvalue weighted by Gasteiger charge is -2.13. The Morgan fingerprint density at radius 3 is 2.58 bits per heavy atom. The van der Waals surface area contributed by atoms with Gasteiger partial charge in [-0.2, -0.15) is 0 Å². The topological polar surface area (TPSA) is 85.4 Å². The van der Waals surface area contributed by atoms with Crippen molar-refractivity contribution < 1.29 is 14.3 Å². The van der Waals surface area contributed by atoms with Gasteiger partial charge in [-0.05, 0) is 6.42 Å². The smallest absolute Gasteiger partial charge is 0.270 e. The highest BCUT2D eigenvalue weighted by Crippen LogP contribution is 2.37. The van der Waals surface area contributed by atoms with E-state index in [1.807, 2.05) is 0 Å². The largest absolute Gasteiger partial charge is 0.495 e. The SMILES string of the molecule is CCCCCNC(=O)c1cc(Nc2cc(OC)c(Cl)cc2OC)ncn1. The molecule has 0 unspecified atom stereocenters. The Morgan fingerprint density at radius 1 is 1.12 bits per heavy atom. The van der Waals surface area contributed by atoms with E-state index < -0.39 is 0 Å². The maximum Gasteiger partial charge on any atom is 0.270 e. The van der Waals surface area contributed by atoms with E-state index in [9.17, 15) is 4.79 Å². The molecule has 1 amide bonds. The number of aromatic nitrogens is 2. The number of halogens is 1. The molecule has 7 nitrogen and oxygen atoms in total. The van der Waals surface area contributed by atoms with Crippen LogP contribution in [0.1, 0.15) is 36.7 Å². The molecule has 0 bridgehead atoms. The maximum atomic E-state index is 12.2. The Labute approximate surface area is 158 Å². The van der Waals surface area contributed by atoms with E-state index in [-0.39, 0.29) is 5.91 Å². The number of nitrogens with one attached hydrogen (secondary N) is 2. The molecular weight excluding hydrogens is 356 g/mol. The number of hydrogen-bond donors (Lipinski definition) is 2. The Morgan fingerprint density at radius 2 is 1.88 bits per heavy atom. The van der Waals surface area contributed by atoms with Gasteiger partial charge in [0.1, 0.15) is 29.3 Å². The van der Waals surface area contributed by atoms with E-state index in [4.69, 9.17) is 21.1 Å². The van der Waals surface area contributed by atoms with Crippen molar-refractivity contribution in [2.75, 3.05) is 26.1 Å². The van der Waals surface area contributed by atoms with Gasteiger partial charge in [0.25, 0.3) is 5.91 Å². The lowest BCUT2D eigenvalue weighted by atomic mass is 10.2. The molecule has 0 atom stereocenters. The number of ether oxygens (including phenoxy) is 2. The predicted octanol–water partition coefficient (Wildman–Crippen LogP) is 3.81. The van der Waals surface area contributed by atoms with E-state index >= 15 is 0 Å². The number of benzene rings is 1. The maximum absolute atomic E-state index is 12.2. The van der Waals surface area contributed by atoms with E-state index in [0.29, 0.717) is 40.3 Å². The second-order valence-electron chi connectivity index (χ2n) is 5.56. The van der Waals surface area contributed by atoms with Crippen molar-refractivity contribution in [3.05, 3.63) is 35.2 Å². The second-order valence-corrected chi connectivity index (χ2v) is 5.97. The van der Waals surface area contributed by atoms with Crippen LogP contribution in [-0.4, -0.2) is 36.6 Å². The summed E-state index contributed by atoms with van der Waals surface area (Å²) in [6.45, 7) is 2.74. The number of carbonyl (C=O) groups is 1. The third kappa shape index (κ3) is 5.23. The quantitative estimate of drug-likeness (QED) is 0.645. The van der Waals surface area contributed by atoms with Crippen molar-refractivity contribution >= 4 is 29.0 Å². The molecule has 0 fully saturated rings. The molecule has 2 N–H and O–H groups in total. The molecule has 0 spiro atoms. The van der Waals surface area contributed by atoms with E-state index in [0.717, 1.165) is 19.3 Å². The number of hydrogen-bond acceptors (Lipinski definition) is 6. The van der Waals surface area contributed by atoms with Crippen LogP contribution in [0.2, 0.25) is 5.02 Å². The van der Waals surface area contributed by atoms with Crippen molar-refractivity contribution in [1.82, 2.24) is 15.3 Å². The summed E-state index contributed by atoms with van der Waals surface area (Å²) < 4.78 is 10.6. The molecule has 2 aromatic rings. The van der Waals surface area contributed by atoms with Crippen molar-refractivity contribution in [2.24, 2.45) is 0 Å². The minimum Gasteiger partial charge on any atom is -0.495 e.